The molecular weight excluding hydrogens is 568 g/mol. The molecule has 4 heteroatoms. The molecule has 0 saturated carbocycles. The highest BCUT2D eigenvalue weighted by Gasteiger charge is 2.32. The molecule has 0 amide bonds. The maximum Gasteiger partial charge on any atom is 0.123 e. The average molecular weight is 629 g/mol. The largest absolute Gasteiger partial charge is 0.508 e. The van der Waals surface area contributed by atoms with Gasteiger partial charge in [0.25, 0.3) is 0 Å². The molecule has 0 heterocycles. The van der Waals surface area contributed by atoms with Gasteiger partial charge in [0.2, 0.25) is 0 Å². The first-order chi connectivity index (χ1) is 21.9. The van der Waals surface area contributed by atoms with Crippen molar-refractivity contribution in [2.24, 2.45) is 11.8 Å². The van der Waals surface area contributed by atoms with E-state index in [1.807, 2.05) is 38.1 Å². The first kappa shape index (κ1) is 37.1. The summed E-state index contributed by atoms with van der Waals surface area (Å²) in [6, 6.07) is 7.34. The quantitative estimate of drug-likeness (QED) is 0.139. The second-order valence-electron chi connectivity index (χ2n) is 14.1. The van der Waals surface area contributed by atoms with Gasteiger partial charge in [0.05, 0.1) is 0 Å². The fourth-order valence-electron chi connectivity index (χ4n) is 7.35. The summed E-state index contributed by atoms with van der Waals surface area (Å²) in [7, 11) is 0. The molecule has 2 aliphatic rings. The lowest BCUT2D eigenvalue weighted by atomic mass is 9.72. The predicted molar refractivity (Wildman–Crippen MR) is 194 cm³/mol. The Labute approximate surface area is 279 Å². The molecule has 2 aliphatic carbocycles. The van der Waals surface area contributed by atoms with E-state index in [1.165, 1.54) is 36.8 Å². The van der Waals surface area contributed by atoms with Crippen LogP contribution in [0.4, 0.5) is 0 Å². The van der Waals surface area contributed by atoms with E-state index in [4.69, 9.17) is 0 Å². The molecule has 0 unspecified atom stereocenters. The van der Waals surface area contributed by atoms with Crippen LogP contribution >= 0.6 is 0 Å². The van der Waals surface area contributed by atoms with Gasteiger partial charge in [-0.3, -0.25) is 0 Å². The Morgan fingerprint density at radius 1 is 0.696 bits per heavy atom. The van der Waals surface area contributed by atoms with E-state index < -0.39 is 0 Å². The zero-order chi connectivity index (χ0) is 34.0. The van der Waals surface area contributed by atoms with Gasteiger partial charge in [0.1, 0.15) is 23.0 Å². The van der Waals surface area contributed by atoms with Gasteiger partial charge in [-0.1, -0.05) is 87.1 Å². The highest BCUT2D eigenvalue weighted by molar-refractivity contribution is 5.52. The van der Waals surface area contributed by atoms with Gasteiger partial charge >= 0.3 is 0 Å². The number of aryl methyl sites for hydroxylation is 2. The van der Waals surface area contributed by atoms with Crippen molar-refractivity contribution in [3.05, 3.63) is 94.1 Å². The first-order valence-electron chi connectivity index (χ1n) is 17.6. The van der Waals surface area contributed by atoms with Crippen LogP contribution in [0.15, 0.2) is 71.9 Å². The number of phenols is 4. The Kier molecular flexibility index (Phi) is 14.1. The summed E-state index contributed by atoms with van der Waals surface area (Å²) in [5, 5.41) is 42.2. The minimum atomic E-state index is 0.0194. The van der Waals surface area contributed by atoms with E-state index in [-0.39, 0.29) is 46.7 Å². The minimum absolute atomic E-state index is 0.0194. The Hall–Kier alpha value is -3.40. The summed E-state index contributed by atoms with van der Waals surface area (Å²) in [6.07, 6.45) is 17.0. The molecule has 0 bridgehead atoms. The van der Waals surface area contributed by atoms with Gasteiger partial charge in [-0.05, 0) is 126 Å². The maximum atomic E-state index is 10.6. The number of phenolic OH excluding ortho intramolecular Hbond substituents is 4. The van der Waals surface area contributed by atoms with E-state index in [9.17, 15) is 20.4 Å². The molecule has 46 heavy (non-hydrogen) atoms. The SMILES string of the molecule is C=C(C)[C@@H]1CC=C(C)C[C@H]1c1c(O)cc(CCCCC)cc1O.C=C(C)[C@@H]1CCC(C)=C[C@H]1c1c(O)cc(CCCCC)cc1O. The maximum absolute atomic E-state index is 10.6. The summed E-state index contributed by atoms with van der Waals surface area (Å²) in [6.45, 7) is 20.9. The lowest BCUT2D eigenvalue weighted by molar-refractivity contribution is 0.391. The van der Waals surface area contributed by atoms with Crippen LogP contribution in [-0.4, -0.2) is 20.4 Å². The standard InChI is InChI=1S/2C21H30O2/c2*1-5-6-7-8-16-12-19(22)21(20(23)13-16)18-11-15(4)9-10-17(18)14(2)3/h11-13,17-18,22-23H,2,5-10H2,1,3-4H3;9,12-13,17-18,22-23H,2,5-8,10-11H2,1,3-4H3/t2*17-,18+/m00/s1. The van der Waals surface area contributed by atoms with Gasteiger partial charge in [-0.2, -0.15) is 0 Å². The summed E-state index contributed by atoms with van der Waals surface area (Å²) >= 11 is 0. The van der Waals surface area contributed by atoms with Crippen molar-refractivity contribution in [2.45, 2.75) is 130 Å². The number of rotatable bonds is 12. The molecule has 2 aromatic rings. The monoisotopic (exact) mass is 628 g/mol. The highest BCUT2D eigenvalue weighted by atomic mass is 16.3. The third-order valence-corrected chi connectivity index (χ3v) is 10.00. The summed E-state index contributed by atoms with van der Waals surface area (Å²) in [5.41, 5.74) is 8.26. The van der Waals surface area contributed by atoms with Gasteiger partial charge in [-0.15, -0.1) is 0 Å². The second-order valence-corrected chi connectivity index (χ2v) is 14.1. The molecule has 4 rings (SSSR count). The van der Waals surface area contributed by atoms with Crippen molar-refractivity contribution in [2.75, 3.05) is 0 Å². The average Bonchev–Trinajstić information content (AvgIpc) is 2.97. The topological polar surface area (TPSA) is 80.9 Å². The fourth-order valence-corrected chi connectivity index (χ4v) is 7.35. The van der Waals surface area contributed by atoms with Crippen molar-refractivity contribution >= 4 is 0 Å². The molecule has 0 radical (unpaired) electrons. The molecule has 4 atom stereocenters. The van der Waals surface area contributed by atoms with Crippen LogP contribution in [0.3, 0.4) is 0 Å². The van der Waals surface area contributed by atoms with E-state index in [2.05, 4.69) is 53.0 Å². The van der Waals surface area contributed by atoms with Crippen LogP contribution in [0.1, 0.15) is 140 Å². The van der Waals surface area contributed by atoms with Crippen LogP contribution < -0.4 is 0 Å². The minimum Gasteiger partial charge on any atom is -0.508 e. The van der Waals surface area contributed by atoms with Crippen molar-refractivity contribution in [1.82, 2.24) is 0 Å². The van der Waals surface area contributed by atoms with Crippen molar-refractivity contribution in [3.8, 4) is 23.0 Å². The molecule has 0 aliphatic heterocycles. The van der Waals surface area contributed by atoms with Crippen molar-refractivity contribution in [1.29, 1.82) is 0 Å². The van der Waals surface area contributed by atoms with Crippen LogP contribution in [-0.2, 0) is 12.8 Å². The van der Waals surface area contributed by atoms with E-state index in [0.717, 1.165) is 73.6 Å². The van der Waals surface area contributed by atoms with Gasteiger partial charge in [0, 0.05) is 23.0 Å². The summed E-state index contributed by atoms with van der Waals surface area (Å²) in [4.78, 5) is 0. The van der Waals surface area contributed by atoms with Crippen LogP contribution in [0.2, 0.25) is 0 Å². The number of unbranched alkanes of at least 4 members (excludes halogenated alkanes) is 4. The highest BCUT2D eigenvalue weighted by Crippen LogP contribution is 2.48. The number of benzene rings is 2. The molecule has 2 aromatic carbocycles. The molecule has 252 valence electrons. The Bertz CT molecular complexity index is 1350. The Balaban J connectivity index is 0.000000250. The van der Waals surface area contributed by atoms with Crippen LogP contribution in [0.5, 0.6) is 23.0 Å². The summed E-state index contributed by atoms with van der Waals surface area (Å²) in [5.74, 6) is 1.61. The zero-order valence-electron chi connectivity index (χ0n) is 29.5. The molecule has 0 aromatic heterocycles. The Morgan fingerprint density at radius 2 is 1.17 bits per heavy atom. The van der Waals surface area contributed by atoms with Gasteiger partial charge < -0.3 is 20.4 Å². The Morgan fingerprint density at radius 3 is 1.63 bits per heavy atom. The lowest BCUT2D eigenvalue weighted by Gasteiger charge is -2.32. The lowest BCUT2D eigenvalue weighted by Crippen LogP contribution is -2.18. The third kappa shape index (κ3) is 9.80. The van der Waals surface area contributed by atoms with E-state index in [1.54, 1.807) is 0 Å². The van der Waals surface area contributed by atoms with E-state index in [0.29, 0.717) is 11.1 Å². The third-order valence-electron chi connectivity index (χ3n) is 10.00. The molecule has 0 spiro atoms. The molecule has 4 nitrogen and oxygen atoms in total. The molecule has 4 N–H and O–H groups in total. The predicted octanol–water partition coefficient (Wildman–Crippen LogP) is 11.7. The normalized spacial score (nSPS) is 21.1. The van der Waals surface area contributed by atoms with Crippen LogP contribution in [0.25, 0.3) is 0 Å². The summed E-state index contributed by atoms with van der Waals surface area (Å²) < 4.78 is 0. The van der Waals surface area contributed by atoms with Gasteiger partial charge in [0.15, 0.2) is 0 Å². The van der Waals surface area contributed by atoms with E-state index >= 15 is 0 Å². The number of hydrogen-bond acceptors (Lipinski definition) is 4. The number of aromatic hydroxyl groups is 4. The molecule has 0 saturated heterocycles. The van der Waals surface area contributed by atoms with Gasteiger partial charge in [-0.25, -0.2) is 0 Å². The van der Waals surface area contributed by atoms with Crippen molar-refractivity contribution < 1.29 is 20.4 Å². The fraction of sp³-hybridized carbons (Fsp3) is 0.524. The zero-order valence-corrected chi connectivity index (χ0v) is 29.5. The number of hydrogen-bond donors (Lipinski definition) is 4. The smallest absolute Gasteiger partial charge is 0.123 e. The molecular formula is C42H60O4. The van der Waals surface area contributed by atoms with Crippen LogP contribution in [0, 0.1) is 11.8 Å². The molecule has 0 fully saturated rings. The number of allylic oxidation sites excluding steroid dienone is 6. The first-order valence-corrected chi connectivity index (χ1v) is 17.6. The van der Waals surface area contributed by atoms with Crippen molar-refractivity contribution in [3.63, 3.8) is 0 Å². The second kappa shape index (κ2) is 17.5.